The lowest BCUT2D eigenvalue weighted by Gasteiger charge is -2.32. The molecule has 8 nitrogen and oxygen atoms in total. The van der Waals surface area contributed by atoms with Gasteiger partial charge in [0.1, 0.15) is 5.52 Å². The van der Waals surface area contributed by atoms with Gasteiger partial charge in [0.05, 0.1) is 17.1 Å². The molecule has 3 heterocycles. The number of nitriles is 1. The zero-order chi connectivity index (χ0) is 18.8. The Labute approximate surface area is 156 Å². The van der Waals surface area contributed by atoms with Crippen molar-refractivity contribution in [3.8, 4) is 6.07 Å². The maximum Gasteiger partial charge on any atom is 0.229 e. The van der Waals surface area contributed by atoms with Gasteiger partial charge in [-0.25, -0.2) is 4.98 Å². The van der Waals surface area contributed by atoms with E-state index in [0.29, 0.717) is 22.9 Å². The highest BCUT2D eigenvalue weighted by atomic mass is 15.2. The summed E-state index contributed by atoms with van der Waals surface area (Å²) in [7, 11) is 0. The number of hydrogen-bond donors (Lipinski definition) is 3. The lowest BCUT2D eigenvalue weighted by Crippen LogP contribution is -2.43. The maximum absolute atomic E-state index is 9.14. The molecule has 1 saturated heterocycles. The molecule has 3 aromatic rings. The molecule has 2 aromatic heterocycles. The van der Waals surface area contributed by atoms with Gasteiger partial charge in [-0.15, -0.1) is 0 Å². The highest BCUT2D eigenvalue weighted by Gasteiger charge is 2.21. The zero-order valence-corrected chi connectivity index (χ0v) is 14.8. The molecule has 0 spiro atoms. The number of fused-ring (bicyclic) bond motifs is 1. The number of aromatic nitrogens is 3. The fraction of sp³-hybridized carbons (Fsp3) is 0.263. The number of nitrogens with one attached hydrogen (secondary N) is 1. The van der Waals surface area contributed by atoms with E-state index in [2.05, 4.69) is 26.3 Å². The number of anilines is 4. The Kier molecular flexibility index (Phi) is 4.44. The predicted octanol–water partition coefficient (Wildman–Crippen LogP) is 2.15. The molecule has 136 valence electrons. The van der Waals surface area contributed by atoms with Crippen molar-refractivity contribution in [1.82, 2.24) is 15.0 Å². The lowest BCUT2D eigenvalue weighted by atomic mass is 10.1. The number of benzene rings is 1. The van der Waals surface area contributed by atoms with Crippen LogP contribution in [0, 0.1) is 11.3 Å². The van der Waals surface area contributed by atoms with E-state index in [-0.39, 0.29) is 6.04 Å². The van der Waals surface area contributed by atoms with Crippen LogP contribution in [0.4, 0.5) is 23.1 Å². The topological polar surface area (TPSA) is 130 Å². The van der Waals surface area contributed by atoms with Crippen LogP contribution in [0.2, 0.25) is 0 Å². The van der Waals surface area contributed by atoms with Crippen molar-refractivity contribution in [3.05, 3.63) is 42.1 Å². The van der Waals surface area contributed by atoms with Crippen LogP contribution >= 0.6 is 0 Å². The molecule has 8 heteroatoms. The summed E-state index contributed by atoms with van der Waals surface area (Å²) in [4.78, 5) is 15.9. The smallest absolute Gasteiger partial charge is 0.229 e. The van der Waals surface area contributed by atoms with Crippen LogP contribution in [0.25, 0.3) is 11.0 Å². The van der Waals surface area contributed by atoms with Crippen LogP contribution in [0.15, 0.2) is 36.5 Å². The minimum Gasteiger partial charge on any atom is -0.399 e. The van der Waals surface area contributed by atoms with Crippen molar-refractivity contribution >= 4 is 34.2 Å². The van der Waals surface area contributed by atoms with Crippen molar-refractivity contribution in [3.63, 3.8) is 0 Å². The van der Waals surface area contributed by atoms with Crippen LogP contribution in [0.3, 0.4) is 0 Å². The molecule has 4 rings (SSSR count). The molecule has 0 saturated carbocycles. The second-order valence-electron chi connectivity index (χ2n) is 6.67. The molecule has 0 amide bonds. The molecule has 1 atom stereocenters. The normalized spacial score (nSPS) is 16.9. The Morgan fingerprint density at radius 1 is 1.26 bits per heavy atom. The Hall–Kier alpha value is -3.44. The van der Waals surface area contributed by atoms with Gasteiger partial charge in [0, 0.05) is 36.7 Å². The minimum absolute atomic E-state index is 0.121. The predicted molar refractivity (Wildman–Crippen MR) is 106 cm³/mol. The second kappa shape index (κ2) is 7.05. The number of hydrogen-bond acceptors (Lipinski definition) is 8. The summed E-state index contributed by atoms with van der Waals surface area (Å²) < 4.78 is 0. The summed E-state index contributed by atoms with van der Waals surface area (Å²) in [6.07, 6.45) is 3.77. The van der Waals surface area contributed by atoms with Gasteiger partial charge in [0.2, 0.25) is 5.95 Å². The molecule has 27 heavy (non-hydrogen) atoms. The van der Waals surface area contributed by atoms with Gasteiger partial charge in [0.25, 0.3) is 0 Å². The monoisotopic (exact) mass is 360 g/mol. The van der Waals surface area contributed by atoms with Gasteiger partial charge in [-0.05, 0) is 43.2 Å². The third-order valence-electron chi connectivity index (χ3n) is 4.53. The van der Waals surface area contributed by atoms with Gasteiger partial charge in [-0.3, -0.25) is 4.98 Å². The van der Waals surface area contributed by atoms with E-state index in [4.69, 9.17) is 21.7 Å². The first-order valence-electron chi connectivity index (χ1n) is 8.83. The SMILES string of the molecule is N#Cc1cc(N)cc(Nc2nc(N3CCC[C@@H](N)C3)c3ncccc3n2)c1. The molecule has 1 aliphatic rings. The summed E-state index contributed by atoms with van der Waals surface area (Å²) in [5.41, 5.74) is 15.2. The van der Waals surface area contributed by atoms with Gasteiger partial charge >= 0.3 is 0 Å². The Bertz CT molecular complexity index is 1030. The molecule has 0 aliphatic carbocycles. The fourth-order valence-electron chi connectivity index (χ4n) is 3.35. The quantitative estimate of drug-likeness (QED) is 0.606. The van der Waals surface area contributed by atoms with Crippen molar-refractivity contribution in [1.29, 1.82) is 5.26 Å². The van der Waals surface area contributed by atoms with E-state index in [1.54, 1.807) is 24.4 Å². The van der Waals surface area contributed by atoms with Crippen LogP contribution in [0.5, 0.6) is 0 Å². The van der Waals surface area contributed by atoms with Gasteiger partial charge < -0.3 is 21.7 Å². The highest BCUT2D eigenvalue weighted by Crippen LogP contribution is 2.27. The fourth-order valence-corrected chi connectivity index (χ4v) is 3.35. The first-order valence-corrected chi connectivity index (χ1v) is 8.83. The third-order valence-corrected chi connectivity index (χ3v) is 4.53. The zero-order valence-electron chi connectivity index (χ0n) is 14.8. The van der Waals surface area contributed by atoms with Crippen LogP contribution < -0.4 is 21.7 Å². The summed E-state index contributed by atoms with van der Waals surface area (Å²) in [5, 5.41) is 12.3. The molecule has 1 fully saturated rings. The molecular weight excluding hydrogens is 340 g/mol. The number of nitrogens with zero attached hydrogens (tertiary/aromatic N) is 5. The average Bonchev–Trinajstić information content (AvgIpc) is 2.67. The van der Waals surface area contributed by atoms with E-state index < -0.39 is 0 Å². The molecule has 0 bridgehead atoms. The van der Waals surface area contributed by atoms with E-state index in [1.807, 2.05) is 12.1 Å². The van der Waals surface area contributed by atoms with Crippen LogP contribution in [-0.2, 0) is 0 Å². The number of rotatable bonds is 3. The number of nitrogens with two attached hydrogens (primary N) is 2. The number of nitrogen functional groups attached to an aromatic ring is 1. The second-order valence-corrected chi connectivity index (χ2v) is 6.67. The van der Waals surface area contributed by atoms with Crippen LogP contribution in [-0.4, -0.2) is 34.1 Å². The van der Waals surface area contributed by atoms with Crippen molar-refractivity contribution in [2.24, 2.45) is 5.73 Å². The molecular formula is C19H20N8. The van der Waals surface area contributed by atoms with Crippen molar-refractivity contribution < 1.29 is 0 Å². The van der Waals surface area contributed by atoms with E-state index in [1.165, 1.54) is 0 Å². The van der Waals surface area contributed by atoms with Gasteiger partial charge in [-0.1, -0.05) is 0 Å². The van der Waals surface area contributed by atoms with Crippen molar-refractivity contribution in [2.45, 2.75) is 18.9 Å². The number of piperidine rings is 1. The van der Waals surface area contributed by atoms with E-state index in [0.717, 1.165) is 42.8 Å². The minimum atomic E-state index is 0.121. The lowest BCUT2D eigenvalue weighted by molar-refractivity contribution is 0.504. The van der Waals surface area contributed by atoms with Gasteiger partial charge in [-0.2, -0.15) is 10.2 Å². The van der Waals surface area contributed by atoms with Crippen molar-refractivity contribution in [2.75, 3.05) is 29.0 Å². The third kappa shape index (κ3) is 3.59. The molecule has 1 aliphatic heterocycles. The van der Waals surface area contributed by atoms with E-state index in [9.17, 15) is 0 Å². The summed E-state index contributed by atoms with van der Waals surface area (Å²) in [5.74, 6) is 1.20. The van der Waals surface area contributed by atoms with E-state index >= 15 is 0 Å². The molecule has 5 N–H and O–H groups in total. The summed E-state index contributed by atoms with van der Waals surface area (Å²) in [6, 6.07) is 11.0. The maximum atomic E-state index is 9.14. The number of pyridine rings is 1. The standard InChI is InChI=1S/C19H20N8/c20-10-12-7-14(22)9-15(8-12)24-19-25-16-4-1-5-23-17(16)18(26-19)27-6-2-3-13(21)11-27/h1,4-5,7-9,13H,2-3,6,11,21-22H2,(H,24,25,26)/t13-/m1/s1. The van der Waals surface area contributed by atoms with Gasteiger partial charge in [0.15, 0.2) is 5.82 Å². The summed E-state index contributed by atoms with van der Waals surface area (Å²) >= 11 is 0. The largest absolute Gasteiger partial charge is 0.399 e. The molecule has 0 unspecified atom stereocenters. The Morgan fingerprint density at radius 2 is 2.15 bits per heavy atom. The average molecular weight is 360 g/mol. The molecule has 0 radical (unpaired) electrons. The first kappa shape index (κ1) is 17.0. The van der Waals surface area contributed by atoms with Crippen LogP contribution in [0.1, 0.15) is 18.4 Å². The molecule has 1 aromatic carbocycles. The first-order chi connectivity index (χ1) is 13.1. The Morgan fingerprint density at radius 3 is 2.96 bits per heavy atom. The highest BCUT2D eigenvalue weighted by molar-refractivity contribution is 5.87. The summed E-state index contributed by atoms with van der Waals surface area (Å²) in [6.45, 7) is 1.62. The Balaban J connectivity index is 1.76.